The Kier molecular flexibility index (Phi) is 8.27. The molecule has 1 aromatic carbocycles. The predicted octanol–water partition coefficient (Wildman–Crippen LogP) is 1.75. The largest absolute Gasteiger partial charge is 0.395 e. The first-order chi connectivity index (χ1) is 16.1. The molecule has 8 nitrogen and oxygen atoms in total. The summed E-state index contributed by atoms with van der Waals surface area (Å²) < 4.78 is 0. The Labute approximate surface area is 195 Å². The molecule has 2 aromatic rings. The molecule has 1 aliphatic heterocycles. The Morgan fingerprint density at radius 2 is 1.82 bits per heavy atom. The molecule has 180 valence electrons. The van der Waals surface area contributed by atoms with Gasteiger partial charge < -0.3 is 25.7 Å². The summed E-state index contributed by atoms with van der Waals surface area (Å²) in [7, 11) is 0. The summed E-state index contributed by atoms with van der Waals surface area (Å²) in [5.74, 6) is 0.665. The first-order valence-corrected chi connectivity index (χ1v) is 12.1. The molecule has 2 aliphatic rings. The van der Waals surface area contributed by atoms with E-state index in [0.717, 1.165) is 49.2 Å². The second-order valence-corrected chi connectivity index (χ2v) is 9.36. The van der Waals surface area contributed by atoms with Crippen LogP contribution in [-0.2, 0) is 0 Å². The first-order valence-electron chi connectivity index (χ1n) is 12.1. The minimum Gasteiger partial charge on any atom is -0.395 e. The van der Waals surface area contributed by atoms with Crippen LogP contribution in [0.4, 0.5) is 5.69 Å². The molecule has 2 heterocycles. The number of aromatic nitrogens is 2. The van der Waals surface area contributed by atoms with Crippen LogP contribution in [0.15, 0.2) is 36.5 Å². The topological polar surface area (TPSA) is 122 Å². The number of hydrogen-bond acceptors (Lipinski definition) is 8. The van der Waals surface area contributed by atoms with Gasteiger partial charge in [-0.15, -0.1) is 0 Å². The molecule has 33 heavy (non-hydrogen) atoms. The summed E-state index contributed by atoms with van der Waals surface area (Å²) in [5, 5.41) is 51.2. The van der Waals surface area contributed by atoms with Crippen LogP contribution in [0.1, 0.15) is 50.0 Å². The highest BCUT2D eigenvalue weighted by atomic mass is 16.4. The van der Waals surface area contributed by atoms with Crippen LogP contribution < -0.4 is 5.32 Å². The van der Waals surface area contributed by atoms with Gasteiger partial charge in [0.25, 0.3) is 0 Å². The van der Waals surface area contributed by atoms with Gasteiger partial charge in [-0.05, 0) is 74.0 Å². The zero-order chi connectivity index (χ0) is 23.2. The van der Waals surface area contributed by atoms with Crippen LogP contribution in [0.3, 0.4) is 0 Å². The molecule has 0 spiro atoms. The zero-order valence-electron chi connectivity index (χ0n) is 19.1. The summed E-state index contributed by atoms with van der Waals surface area (Å²) in [4.78, 5) is 1.89. The molecular weight excluding hydrogens is 420 g/mol. The minimum absolute atomic E-state index is 0.231. The van der Waals surface area contributed by atoms with E-state index in [1.807, 2.05) is 17.0 Å². The fraction of sp³-hybridized carbons (Fsp3) is 0.600. The van der Waals surface area contributed by atoms with Crippen molar-refractivity contribution >= 4 is 5.69 Å². The Hall–Kier alpha value is -2.10. The monoisotopic (exact) mass is 456 g/mol. The molecular formula is C25H36N4O4. The van der Waals surface area contributed by atoms with Gasteiger partial charge in [-0.1, -0.05) is 12.8 Å². The third-order valence-electron chi connectivity index (χ3n) is 6.79. The smallest absolute Gasteiger partial charge is 0.109 e. The number of benzene rings is 1. The maximum absolute atomic E-state index is 10.1. The number of hydrogen-bond donors (Lipinski definition) is 5. The van der Waals surface area contributed by atoms with Crippen molar-refractivity contribution in [3.05, 3.63) is 42.1 Å². The Balaban J connectivity index is 1.21. The van der Waals surface area contributed by atoms with E-state index in [4.69, 9.17) is 0 Å². The van der Waals surface area contributed by atoms with Crippen LogP contribution in [0.5, 0.6) is 0 Å². The number of unbranched alkanes of at least 4 members (excludes halogenated alkanes) is 3. The van der Waals surface area contributed by atoms with Gasteiger partial charge in [-0.25, -0.2) is 0 Å². The van der Waals surface area contributed by atoms with Crippen molar-refractivity contribution in [3.63, 3.8) is 0 Å². The molecule has 0 unspecified atom stereocenters. The number of nitrogens with zero attached hydrogens (tertiary/aromatic N) is 3. The number of rotatable bonds is 11. The van der Waals surface area contributed by atoms with Gasteiger partial charge in [0.1, 0.15) is 12.2 Å². The molecule has 0 amide bonds. The van der Waals surface area contributed by atoms with E-state index in [9.17, 15) is 20.4 Å². The van der Waals surface area contributed by atoms with Gasteiger partial charge in [0, 0.05) is 30.5 Å². The third kappa shape index (κ3) is 6.28. The van der Waals surface area contributed by atoms with E-state index < -0.39 is 24.4 Å². The molecule has 4 rings (SSSR count). The van der Waals surface area contributed by atoms with Gasteiger partial charge in [-0.3, -0.25) is 4.90 Å². The van der Waals surface area contributed by atoms with Crippen LogP contribution in [-0.4, -0.2) is 86.1 Å². The maximum Gasteiger partial charge on any atom is 0.109 e. The fourth-order valence-electron chi connectivity index (χ4n) is 4.67. The molecule has 1 saturated heterocycles. The van der Waals surface area contributed by atoms with Crippen LogP contribution in [0.2, 0.25) is 0 Å². The first kappa shape index (κ1) is 24.0. The molecule has 1 aliphatic carbocycles. The van der Waals surface area contributed by atoms with Crippen LogP contribution >= 0.6 is 0 Å². The Morgan fingerprint density at radius 1 is 1.00 bits per heavy atom. The van der Waals surface area contributed by atoms with Crippen LogP contribution in [0.25, 0.3) is 11.3 Å². The highest BCUT2D eigenvalue weighted by molar-refractivity contribution is 5.67. The van der Waals surface area contributed by atoms with Gasteiger partial charge in [0.15, 0.2) is 0 Å². The lowest BCUT2D eigenvalue weighted by atomic mass is 9.94. The molecule has 0 bridgehead atoms. The van der Waals surface area contributed by atoms with Gasteiger partial charge in [0.05, 0.1) is 24.4 Å². The second kappa shape index (κ2) is 11.4. The Morgan fingerprint density at radius 3 is 2.55 bits per heavy atom. The van der Waals surface area contributed by atoms with Crippen molar-refractivity contribution in [1.82, 2.24) is 15.1 Å². The second-order valence-electron chi connectivity index (χ2n) is 9.36. The summed E-state index contributed by atoms with van der Waals surface area (Å²) in [6, 6.07) is 10.0. The normalized spacial score (nSPS) is 25.8. The standard InChI is InChI=1S/C25H36N4O4/c30-16-22-24(32)25(33)23(31)15-29(22)11-4-2-1-3-9-26-20-13-18(17-7-8-17)12-19(14-20)21-6-5-10-27-28-21/h5-6,10,12-14,17,22-26,30-33H,1-4,7-9,11,15-16H2/t22-,23+,24-,25-/m1/s1. The lowest BCUT2D eigenvalue weighted by Crippen LogP contribution is -2.62. The molecule has 8 heteroatoms. The predicted molar refractivity (Wildman–Crippen MR) is 127 cm³/mol. The van der Waals surface area contributed by atoms with E-state index in [0.29, 0.717) is 12.5 Å². The molecule has 2 fully saturated rings. The summed E-state index contributed by atoms with van der Waals surface area (Å²) >= 11 is 0. The number of β-amino-alcohol motifs (C(OH)–C–C–N with tert-alkyl or cyclic N) is 1. The molecule has 1 saturated carbocycles. The van der Waals surface area contributed by atoms with E-state index in [1.54, 1.807) is 6.20 Å². The minimum atomic E-state index is -1.20. The number of nitrogens with one attached hydrogen (secondary N) is 1. The summed E-state index contributed by atoms with van der Waals surface area (Å²) in [6.45, 7) is 1.62. The molecule has 4 atom stereocenters. The van der Waals surface area contributed by atoms with Crippen molar-refractivity contribution < 1.29 is 20.4 Å². The summed E-state index contributed by atoms with van der Waals surface area (Å²) in [5.41, 5.74) is 4.49. The SMILES string of the molecule is OC[C@@H]1[C@@H](O)[C@H](O)[C@@H](O)CN1CCCCCCNc1cc(-c2cccnn2)cc(C2CC2)c1. The highest BCUT2D eigenvalue weighted by Gasteiger charge is 2.40. The van der Waals surface area contributed by atoms with Crippen molar-refractivity contribution in [2.75, 3.05) is 31.6 Å². The number of aliphatic hydroxyl groups excluding tert-OH is 4. The number of anilines is 1. The van der Waals surface area contributed by atoms with Crippen molar-refractivity contribution in [2.24, 2.45) is 0 Å². The van der Waals surface area contributed by atoms with Crippen molar-refractivity contribution in [1.29, 1.82) is 0 Å². The molecule has 1 aromatic heterocycles. The van der Waals surface area contributed by atoms with Crippen LogP contribution in [0, 0.1) is 0 Å². The lowest BCUT2D eigenvalue weighted by Gasteiger charge is -2.43. The number of aliphatic hydroxyl groups is 4. The molecule has 0 radical (unpaired) electrons. The fourth-order valence-corrected chi connectivity index (χ4v) is 4.67. The van der Waals surface area contributed by atoms with Gasteiger partial charge in [-0.2, -0.15) is 10.2 Å². The van der Waals surface area contributed by atoms with E-state index in [2.05, 4.69) is 33.7 Å². The summed E-state index contributed by atoms with van der Waals surface area (Å²) in [6.07, 6.45) is 4.95. The Bertz CT molecular complexity index is 880. The maximum atomic E-state index is 10.1. The van der Waals surface area contributed by atoms with Crippen molar-refractivity contribution in [3.8, 4) is 11.3 Å². The third-order valence-corrected chi connectivity index (χ3v) is 6.79. The van der Waals surface area contributed by atoms with Crippen molar-refractivity contribution in [2.45, 2.75) is 68.8 Å². The average Bonchev–Trinajstić information content (AvgIpc) is 3.68. The van der Waals surface area contributed by atoms with Gasteiger partial charge in [0.2, 0.25) is 0 Å². The number of likely N-dealkylation sites (tertiary alicyclic amines) is 1. The quantitative estimate of drug-likeness (QED) is 0.324. The lowest BCUT2D eigenvalue weighted by molar-refractivity contribution is -0.145. The number of piperidine rings is 1. The average molecular weight is 457 g/mol. The van der Waals surface area contributed by atoms with E-state index in [1.165, 1.54) is 18.4 Å². The van der Waals surface area contributed by atoms with Gasteiger partial charge >= 0.3 is 0 Å². The zero-order valence-corrected chi connectivity index (χ0v) is 19.1. The molecule has 5 N–H and O–H groups in total. The van der Waals surface area contributed by atoms with E-state index in [-0.39, 0.29) is 13.2 Å². The van der Waals surface area contributed by atoms with E-state index >= 15 is 0 Å². The highest BCUT2D eigenvalue weighted by Crippen LogP contribution is 2.42.